The van der Waals surface area contributed by atoms with Crippen molar-refractivity contribution in [3.63, 3.8) is 0 Å². The Morgan fingerprint density at radius 2 is 1.67 bits per heavy atom. The van der Waals surface area contributed by atoms with Gasteiger partial charge in [-0.2, -0.15) is 0 Å². The molecule has 0 spiro atoms. The molecular formula is C13H25NO. The minimum Gasteiger partial charge on any atom is -0.392 e. The maximum absolute atomic E-state index is 9.61. The summed E-state index contributed by atoms with van der Waals surface area (Å²) < 4.78 is 0. The lowest BCUT2D eigenvalue weighted by Gasteiger charge is -2.46. The first kappa shape index (κ1) is 11.4. The van der Waals surface area contributed by atoms with E-state index < -0.39 is 0 Å². The molecule has 1 aliphatic carbocycles. The zero-order chi connectivity index (χ0) is 11.1. The lowest BCUT2D eigenvalue weighted by Crippen LogP contribution is -2.48. The zero-order valence-corrected chi connectivity index (χ0v) is 10.4. The fourth-order valence-electron chi connectivity index (χ4n) is 3.01. The predicted molar refractivity (Wildman–Crippen MR) is 62.9 cm³/mol. The van der Waals surface area contributed by atoms with Gasteiger partial charge in [-0.3, -0.25) is 4.90 Å². The molecule has 2 heteroatoms. The first-order valence-corrected chi connectivity index (χ1v) is 6.34. The van der Waals surface area contributed by atoms with Gasteiger partial charge >= 0.3 is 0 Å². The van der Waals surface area contributed by atoms with Crippen LogP contribution in [-0.2, 0) is 0 Å². The van der Waals surface area contributed by atoms with Gasteiger partial charge < -0.3 is 5.11 Å². The van der Waals surface area contributed by atoms with Crippen LogP contribution in [0.2, 0.25) is 0 Å². The highest BCUT2D eigenvalue weighted by atomic mass is 16.3. The van der Waals surface area contributed by atoms with Crippen molar-refractivity contribution in [1.82, 2.24) is 4.90 Å². The number of likely N-dealkylation sites (tertiary alicyclic amines) is 1. The number of aliphatic hydroxyl groups excluding tert-OH is 1. The molecule has 1 N–H and O–H groups in total. The first-order valence-electron chi connectivity index (χ1n) is 6.34. The van der Waals surface area contributed by atoms with Crippen molar-refractivity contribution in [2.24, 2.45) is 5.41 Å². The monoisotopic (exact) mass is 211 g/mol. The molecule has 1 heterocycles. The Bertz CT molecular complexity index is 227. The second-order valence-electron chi connectivity index (χ2n) is 6.55. The molecule has 15 heavy (non-hydrogen) atoms. The first-order chi connectivity index (χ1) is 6.91. The summed E-state index contributed by atoms with van der Waals surface area (Å²) in [6, 6.07) is 0. The molecule has 1 saturated carbocycles. The van der Waals surface area contributed by atoms with Gasteiger partial charge in [0.25, 0.3) is 0 Å². The molecule has 0 aromatic carbocycles. The van der Waals surface area contributed by atoms with Crippen LogP contribution in [0.5, 0.6) is 0 Å². The summed E-state index contributed by atoms with van der Waals surface area (Å²) in [6.45, 7) is 9.14. The van der Waals surface area contributed by atoms with E-state index in [0.29, 0.717) is 11.0 Å². The smallest absolute Gasteiger partial charge is 0.0679 e. The van der Waals surface area contributed by atoms with E-state index in [-0.39, 0.29) is 6.10 Å². The summed E-state index contributed by atoms with van der Waals surface area (Å²) in [6.07, 6.45) is 6.15. The number of hydrogen-bond donors (Lipinski definition) is 1. The van der Waals surface area contributed by atoms with Crippen molar-refractivity contribution in [2.45, 2.75) is 64.5 Å². The number of aliphatic hydroxyl groups is 1. The lowest BCUT2D eigenvalue weighted by atomic mass is 9.69. The molecule has 1 atom stereocenters. The van der Waals surface area contributed by atoms with Crippen LogP contribution in [0, 0.1) is 5.41 Å². The largest absolute Gasteiger partial charge is 0.392 e. The van der Waals surface area contributed by atoms with E-state index in [9.17, 15) is 5.11 Å². The second kappa shape index (κ2) is 3.74. The van der Waals surface area contributed by atoms with Gasteiger partial charge in [-0.1, -0.05) is 13.8 Å². The van der Waals surface area contributed by atoms with E-state index in [1.807, 2.05) is 0 Å². The van der Waals surface area contributed by atoms with Crippen LogP contribution in [0.4, 0.5) is 0 Å². The number of hydrogen-bond acceptors (Lipinski definition) is 2. The van der Waals surface area contributed by atoms with Gasteiger partial charge in [-0.15, -0.1) is 0 Å². The summed E-state index contributed by atoms with van der Waals surface area (Å²) in [5.41, 5.74) is 0.908. The molecule has 2 aliphatic rings. The van der Waals surface area contributed by atoms with Gasteiger partial charge in [0.15, 0.2) is 0 Å². The van der Waals surface area contributed by atoms with Crippen molar-refractivity contribution in [2.75, 3.05) is 13.1 Å². The topological polar surface area (TPSA) is 23.5 Å². The Hall–Kier alpha value is -0.0800. The maximum Gasteiger partial charge on any atom is 0.0679 e. The van der Waals surface area contributed by atoms with Crippen LogP contribution in [0.1, 0.15) is 52.9 Å². The van der Waals surface area contributed by atoms with E-state index in [2.05, 4.69) is 25.7 Å². The third-order valence-electron chi connectivity index (χ3n) is 4.61. The molecule has 0 bridgehead atoms. The Morgan fingerprint density at radius 3 is 2.13 bits per heavy atom. The fourth-order valence-corrected chi connectivity index (χ4v) is 3.01. The van der Waals surface area contributed by atoms with Crippen LogP contribution in [0.25, 0.3) is 0 Å². The van der Waals surface area contributed by atoms with E-state index in [1.165, 1.54) is 25.7 Å². The van der Waals surface area contributed by atoms with E-state index in [4.69, 9.17) is 0 Å². The molecular weight excluding hydrogens is 186 g/mol. The molecule has 0 amide bonds. The fraction of sp³-hybridized carbons (Fsp3) is 1.00. The quantitative estimate of drug-likeness (QED) is 0.720. The highest BCUT2D eigenvalue weighted by molar-refractivity contribution is 4.96. The standard InChI is InChI=1S/C13H25NO/c1-12(2)5-7-13(3,8-6-12)14-9-4-11(15)10-14/h11,15H,4-10H2,1-3H3/t11-/m0/s1. The van der Waals surface area contributed by atoms with Crippen molar-refractivity contribution >= 4 is 0 Å². The number of rotatable bonds is 1. The molecule has 0 radical (unpaired) electrons. The third-order valence-corrected chi connectivity index (χ3v) is 4.61. The maximum atomic E-state index is 9.61. The Kier molecular flexibility index (Phi) is 2.85. The number of β-amino-alcohol motifs (C(OH)–C–C–N with tert-alkyl or cyclic N) is 1. The molecule has 1 aliphatic heterocycles. The average Bonchev–Trinajstić information content (AvgIpc) is 2.59. The SMILES string of the molecule is CC1(C)CCC(C)(N2CC[C@H](O)C2)CC1. The molecule has 0 aromatic heterocycles. The highest BCUT2D eigenvalue weighted by Gasteiger charge is 2.41. The highest BCUT2D eigenvalue weighted by Crippen LogP contribution is 2.43. The Balaban J connectivity index is 1.97. The van der Waals surface area contributed by atoms with E-state index in [1.54, 1.807) is 0 Å². The van der Waals surface area contributed by atoms with Crippen molar-refractivity contribution in [3.05, 3.63) is 0 Å². The summed E-state index contributed by atoms with van der Waals surface area (Å²) in [5, 5.41) is 9.61. The van der Waals surface area contributed by atoms with Crippen LogP contribution >= 0.6 is 0 Å². The zero-order valence-electron chi connectivity index (χ0n) is 10.4. The van der Waals surface area contributed by atoms with Gasteiger partial charge in [-0.25, -0.2) is 0 Å². The van der Waals surface area contributed by atoms with Crippen LogP contribution in [0.3, 0.4) is 0 Å². The molecule has 2 nitrogen and oxygen atoms in total. The van der Waals surface area contributed by atoms with E-state index >= 15 is 0 Å². The van der Waals surface area contributed by atoms with Crippen molar-refractivity contribution < 1.29 is 5.11 Å². The molecule has 88 valence electrons. The lowest BCUT2D eigenvalue weighted by molar-refractivity contribution is 0.0379. The van der Waals surface area contributed by atoms with Crippen molar-refractivity contribution in [3.8, 4) is 0 Å². The summed E-state index contributed by atoms with van der Waals surface area (Å²) in [7, 11) is 0. The van der Waals surface area contributed by atoms with E-state index in [0.717, 1.165) is 19.5 Å². The van der Waals surface area contributed by atoms with Gasteiger partial charge in [0.1, 0.15) is 0 Å². The molecule has 0 aromatic rings. The van der Waals surface area contributed by atoms with Gasteiger partial charge in [0.2, 0.25) is 0 Å². The van der Waals surface area contributed by atoms with Crippen LogP contribution in [0.15, 0.2) is 0 Å². The van der Waals surface area contributed by atoms with Gasteiger partial charge in [0, 0.05) is 18.6 Å². The predicted octanol–water partition coefficient (Wildman–Crippen LogP) is 2.41. The molecule has 0 unspecified atom stereocenters. The molecule has 2 rings (SSSR count). The third kappa shape index (κ3) is 2.36. The van der Waals surface area contributed by atoms with Crippen LogP contribution < -0.4 is 0 Å². The average molecular weight is 211 g/mol. The van der Waals surface area contributed by atoms with Crippen molar-refractivity contribution in [1.29, 1.82) is 0 Å². The molecule has 2 fully saturated rings. The summed E-state index contributed by atoms with van der Waals surface area (Å²) in [4.78, 5) is 2.52. The summed E-state index contributed by atoms with van der Waals surface area (Å²) >= 11 is 0. The Morgan fingerprint density at radius 1 is 1.07 bits per heavy atom. The Labute approximate surface area is 93.7 Å². The normalized spacial score (nSPS) is 35.6. The molecule has 1 saturated heterocycles. The van der Waals surface area contributed by atoms with Gasteiger partial charge in [0.05, 0.1) is 6.10 Å². The minimum atomic E-state index is -0.0724. The second-order valence-corrected chi connectivity index (χ2v) is 6.55. The van der Waals surface area contributed by atoms with Crippen LogP contribution in [-0.4, -0.2) is 34.7 Å². The van der Waals surface area contributed by atoms with Gasteiger partial charge in [-0.05, 0) is 44.4 Å². The number of nitrogens with zero attached hydrogens (tertiary/aromatic N) is 1. The minimum absolute atomic E-state index is 0.0724. The summed E-state index contributed by atoms with van der Waals surface area (Å²) in [5.74, 6) is 0.